The third kappa shape index (κ3) is 34.0. The van der Waals surface area contributed by atoms with Crippen LogP contribution in [0.3, 0.4) is 0 Å². The molecule has 0 radical (unpaired) electrons. The number of unbranched alkanes of at least 4 members (excludes halogenated alkanes) is 26. The highest BCUT2D eigenvalue weighted by atomic mass is 16.5. The lowest BCUT2D eigenvalue weighted by atomic mass is 10.0. The molecule has 0 aliphatic carbocycles. The topological polar surface area (TPSA) is 44.5 Å². The Bertz CT molecular complexity index is 417. The van der Waals surface area contributed by atoms with Crippen molar-refractivity contribution in [3.05, 3.63) is 0 Å². The second-order valence-electron chi connectivity index (χ2n) is 12.3. The number of hydrogen-bond acceptors (Lipinski definition) is 3. The standard InChI is InChI=1S/C36H75NO2/c1-3-5-7-9-11-13-15-17-19-21-23-25-27-29-33-38-35-36(31-32-37)39-34-30-28-26-24-22-20-18-16-14-12-10-8-6-4-2/h36H,3-35,37H2,1-2H3. The highest BCUT2D eigenvalue weighted by Crippen LogP contribution is 2.14. The summed E-state index contributed by atoms with van der Waals surface area (Å²) in [4.78, 5) is 0. The van der Waals surface area contributed by atoms with Crippen molar-refractivity contribution in [1.82, 2.24) is 0 Å². The number of hydrogen-bond donors (Lipinski definition) is 1. The molecule has 0 aliphatic heterocycles. The van der Waals surface area contributed by atoms with Gasteiger partial charge < -0.3 is 15.2 Å². The Morgan fingerprint density at radius 1 is 0.410 bits per heavy atom. The van der Waals surface area contributed by atoms with Crippen molar-refractivity contribution >= 4 is 0 Å². The Kier molecular flexibility index (Phi) is 35.8. The Morgan fingerprint density at radius 2 is 0.718 bits per heavy atom. The van der Waals surface area contributed by atoms with Gasteiger partial charge in [0, 0.05) is 13.2 Å². The van der Waals surface area contributed by atoms with Gasteiger partial charge in [-0.1, -0.05) is 181 Å². The molecule has 1 atom stereocenters. The lowest BCUT2D eigenvalue weighted by Gasteiger charge is -2.17. The average molecular weight is 554 g/mol. The number of ether oxygens (including phenoxy) is 2. The van der Waals surface area contributed by atoms with Crippen molar-refractivity contribution < 1.29 is 9.47 Å². The smallest absolute Gasteiger partial charge is 0.0820 e. The number of rotatable bonds is 35. The molecule has 0 saturated heterocycles. The second kappa shape index (κ2) is 35.9. The summed E-state index contributed by atoms with van der Waals surface area (Å²) in [5.74, 6) is 0. The number of nitrogens with two attached hydrogens (primary N) is 1. The zero-order valence-corrected chi connectivity index (χ0v) is 27.3. The maximum Gasteiger partial charge on any atom is 0.0820 e. The van der Waals surface area contributed by atoms with Crippen LogP contribution < -0.4 is 5.73 Å². The first-order valence-corrected chi connectivity index (χ1v) is 18.2. The highest BCUT2D eigenvalue weighted by Gasteiger charge is 2.08. The molecule has 0 fully saturated rings. The van der Waals surface area contributed by atoms with Crippen LogP contribution in [-0.4, -0.2) is 32.5 Å². The Morgan fingerprint density at radius 3 is 1.05 bits per heavy atom. The van der Waals surface area contributed by atoms with Crippen LogP contribution in [-0.2, 0) is 9.47 Å². The molecule has 0 aliphatic rings. The Hall–Kier alpha value is -0.120. The van der Waals surface area contributed by atoms with E-state index in [1.807, 2.05) is 0 Å². The molecule has 0 saturated carbocycles. The monoisotopic (exact) mass is 554 g/mol. The van der Waals surface area contributed by atoms with Crippen molar-refractivity contribution in [2.45, 2.75) is 206 Å². The first kappa shape index (κ1) is 38.9. The highest BCUT2D eigenvalue weighted by molar-refractivity contribution is 4.59. The molecule has 1 unspecified atom stereocenters. The third-order valence-electron chi connectivity index (χ3n) is 8.29. The summed E-state index contributed by atoms with van der Waals surface area (Å²) in [6, 6.07) is 0. The van der Waals surface area contributed by atoms with Gasteiger partial charge in [0.05, 0.1) is 12.7 Å². The first-order chi connectivity index (χ1) is 19.3. The van der Waals surface area contributed by atoms with Crippen molar-refractivity contribution in [2.75, 3.05) is 26.4 Å². The molecule has 39 heavy (non-hydrogen) atoms. The summed E-state index contributed by atoms with van der Waals surface area (Å²) in [5, 5.41) is 0. The fourth-order valence-corrected chi connectivity index (χ4v) is 5.56. The summed E-state index contributed by atoms with van der Waals surface area (Å²) in [5.41, 5.74) is 5.81. The van der Waals surface area contributed by atoms with Gasteiger partial charge in [-0.2, -0.15) is 0 Å². The van der Waals surface area contributed by atoms with Gasteiger partial charge in [0.2, 0.25) is 0 Å². The Balaban J connectivity index is 3.35. The maximum absolute atomic E-state index is 6.11. The molecule has 0 aromatic carbocycles. The molecule has 0 rings (SSSR count). The predicted octanol–water partition coefficient (Wildman–Crippen LogP) is 11.7. The van der Waals surface area contributed by atoms with Gasteiger partial charge in [-0.05, 0) is 25.8 Å². The first-order valence-electron chi connectivity index (χ1n) is 18.2. The van der Waals surface area contributed by atoms with Crippen molar-refractivity contribution in [3.63, 3.8) is 0 Å². The van der Waals surface area contributed by atoms with E-state index < -0.39 is 0 Å². The van der Waals surface area contributed by atoms with Gasteiger partial charge in [0.25, 0.3) is 0 Å². The van der Waals surface area contributed by atoms with Crippen LogP contribution in [0.25, 0.3) is 0 Å². The fraction of sp³-hybridized carbons (Fsp3) is 1.00. The van der Waals surface area contributed by atoms with Crippen molar-refractivity contribution in [3.8, 4) is 0 Å². The van der Waals surface area contributed by atoms with E-state index in [9.17, 15) is 0 Å². The minimum atomic E-state index is 0.184. The minimum absolute atomic E-state index is 0.184. The lowest BCUT2D eigenvalue weighted by Crippen LogP contribution is -2.24. The normalized spacial score (nSPS) is 12.4. The van der Waals surface area contributed by atoms with Crippen LogP contribution in [0.1, 0.15) is 200 Å². The summed E-state index contributed by atoms with van der Waals surface area (Å²) in [6.45, 7) is 7.74. The van der Waals surface area contributed by atoms with E-state index in [1.54, 1.807) is 0 Å². The average Bonchev–Trinajstić information content (AvgIpc) is 2.94. The largest absolute Gasteiger partial charge is 0.379 e. The van der Waals surface area contributed by atoms with Crippen LogP contribution in [0.2, 0.25) is 0 Å². The third-order valence-corrected chi connectivity index (χ3v) is 8.29. The van der Waals surface area contributed by atoms with Crippen molar-refractivity contribution in [1.29, 1.82) is 0 Å². The lowest BCUT2D eigenvalue weighted by molar-refractivity contribution is -0.0211. The van der Waals surface area contributed by atoms with Crippen LogP contribution in [0.5, 0.6) is 0 Å². The van der Waals surface area contributed by atoms with Gasteiger partial charge in [-0.15, -0.1) is 0 Å². The van der Waals surface area contributed by atoms with E-state index in [0.717, 1.165) is 19.6 Å². The van der Waals surface area contributed by atoms with E-state index >= 15 is 0 Å². The van der Waals surface area contributed by atoms with Crippen LogP contribution >= 0.6 is 0 Å². The summed E-state index contributed by atoms with van der Waals surface area (Å²) < 4.78 is 12.1. The molecule has 0 spiro atoms. The van der Waals surface area contributed by atoms with Crippen LogP contribution in [0, 0.1) is 0 Å². The van der Waals surface area contributed by atoms with Gasteiger partial charge in [-0.3, -0.25) is 0 Å². The van der Waals surface area contributed by atoms with Gasteiger partial charge in [-0.25, -0.2) is 0 Å². The molecule has 236 valence electrons. The zero-order valence-electron chi connectivity index (χ0n) is 27.3. The summed E-state index contributed by atoms with van der Waals surface area (Å²) >= 11 is 0. The van der Waals surface area contributed by atoms with Crippen LogP contribution in [0.4, 0.5) is 0 Å². The fourth-order valence-electron chi connectivity index (χ4n) is 5.56. The summed E-state index contributed by atoms with van der Waals surface area (Å²) in [6.07, 6.45) is 40.2. The van der Waals surface area contributed by atoms with E-state index in [2.05, 4.69) is 13.8 Å². The van der Waals surface area contributed by atoms with Crippen molar-refractivity contribution in [2.24, 2.45) is 5.73 Å². The SMILES string of the molecule is CCCCCCCCCCCCCCCCOCC(CCN)OCCCCCCCCCCCCCCCC. The molecular weight excluding hydrogens is 478 g/mol. The minimum Gasteiger partial charge on any atom is -0.379 e. The van der Waals surface area contributed by atoms with E-state index in [4.69, 9.17) is 15.2 Å². The molecule has 3 nitrogen and oxygen atoms in total. The molecule has 2 N–H and O–H groups in total. The molecule has 3 heteroatoms. The molecule has 0 aromatic rings. The van der Waals surface area contributed by atoms with Crippen LogP contribution in [0.15, 0.2) is 0 Å². The molecule has 0 aromatic heterocycles. The quantitative estimate of drug-likeness (QED) is 0.0794. The Labute approximate surface area is 247 Å². The van der Waals surface area contributed by atoms with Gasteiger partial charge in [0.1, 0.15) is 0 Å². The van der Waals surface area contributed by atoms with E-state index in [-0.39, 0.29) is 6.10 Å². The second-order valence-corrected chi connectivity index (χ2v) is 12.3. The maximum atomic E-state index is 6.11. The van der Waals surface area contributed by atoms with Gasteiger partial charge in [0.15, 0.2) is 0 Å². The molecular formula is C36H75NO2. The molecule has 0 amide bonds. The predicted molar refractivity (Wildman–Crippen MR) is 175 cm³/mol. The van der Waals surface area contributed by atoms with Gasteiger partial charge >= 0.3 is 0 Å². The molecule has 0 bridgehead atoms. The van der Waals surface area contributed by atoms with E-state index in [0.29, 0.717) is 13.2 Å². The molecule has 0 heterocycles. The van der Waals surface area contributed by atoms with E-state index in [1.165, 1.54) is 180 Å². The zero-order chi connectivity index (χ0) is 28.3. The summed E-state index contributed by atoms with van der Waals surface area (Å²) in [7, 11) is 0.